The molecule has 152 valence electrons. The molecule has 6 heteroatoms. The Morgan fingerprint density at radius 3 is 1.44 bits per heavy atom. The van der Waals surface area contributed by atoms with Crippen LogP contribution in [0.25, 0.3) is 43.4 Å². The van der Waals surface area contributed by atoms with Crippen LogP contribution in [0.5, 0.6) is 11.5 Å². The van der Waals surface area contributed by atoms with Crippen LogP contribution in [0.3, 0.4) is 0 Å². The number of pyridine rings is 2. The van der Waals surface area contributed by atoms with E-state index in [0.717, 1.165) is 21.5 Å². The van der Waals surface area contributed by atoms with Crippen molar-refractivity contribution in [3.8, 4) is 11.5 Å². The van der Waals surface area contributed by atoms with Crippen molar-refractivity contribution in [3.63, 3.8) is 0 Å². The predicted molar refractivity (Wildman–Crippen MR) is 126 cm³/mol. The Morgan fingerprint density at radius 2 is 0.969 bits per heavy atom. The Balaban J connectivity index is 1.51. The molecule has 6 nitrogen and oxygen atoms in total. The van der Waals surface area contributed by atoms with Crippen LogP contribution in [0.15, 0.2) is 95.4 Å². The maximum Gasteiger partial charge on any atom is 0.153 e. The summed E-state index contributed by atoms with van der Waals surface area (Å²) < 4.78 is 0. The number of phenolic OH excluding ortho intramolecular Hbond substituents is 2. The first-order chi connectivity index (χ1) is 15.7. The minimum atomic E-state index is 0.00273. The second-order valence-corrected chi connectivity index (χ2v) is 7.55. The number of hydrogen-bond donors (Lipinski definition) is 2. The summed E-state index contributed by atoms with van der Waals surface area (Å²) in [7, 11) is 0. The summed E-state index contributed by atoms with van der Waals surface area (Å²) >= 11 is 0. The van der Waals surface area contributed by atoms with Gasteiger partial charge in [-0.05, 0) is 35.0 Å². The summed E-state index contributed by atoms with van der Waals surface area (Å²) in [6.45, 7) is 0. The Hall–Kier alpha value is -4.58. The maximum absolute atomic E-state index is 10.9. The lowest BCUT2D eigenvalue weighted by Crippen LogP contribution is -1.84. The van der Waals surface area contributed by atoms with Crippen molar-refractivity contribution < 1.29 is 10.2 Å². The number of aromatic hydroxyl groups is 2. The van der Waals surface area contributed by atoms with Crippen molar-refractivity contribution >= 4 is 54.7 Å². The van der Waals surface area contributed by atoms with Gasteiger partial charge in [0.1, 0.15) is 11.4 Å². The van der Waals surface area contributed by atoms with Crippen LogP contribution in [0.4, 0.5) is 11.4 Å². The highest BCUT2D eigenvalue weighted by Gasteiger charge is 2.13. The van der Waals surface area contributed by atoms with Gasteiger partial charge in [-0.25, -0.2) is 0 Å². The largest absolute Gasteiger partial charge is 0.505 e. The van der Waals surface area contributed by atoms with Gasteiger partial charge in [0.15, 0.2) is 11.5 Å². The smallest absolute Gasteiger partial charge is 0.153 e. The summed E-state index contributed by atoms with van der Waals surface area (Å²) in [5, 5.41) is 35.3. The third-order valence-electron chi connectivity index (χ3n) is 5.68. The molecule has 0 aliphatic heterocycles. The normalized spacial score (nSPS) is 11.9. The van der Waals surface area contributed by atoms with E-state index < -0.39 is 0 Å². The number of fused-ring (bicyclic) bond motifs is 6. The fourth-order valence-electron chi connectivity index (χ4n) is 4.11. The van der Waals surface area contributed by atoms with Gasteiger partial charge >= 0.3 is 0 Å². The molecule has 32 heavy (non-hydrogen) atoms. The Labute approximate surface area is 182 Å². The van der Waals surface area contributed by atoms with Crippen molar-refractivity contribution in [1.82, 2.24) is 9.97 Å². The van der Waals surface area contributed by atoms with E-state index >= 15 is 0 Å². The molecule has 2 N–H and O–H groups in total. The summed E-state index contributed by atoms with van der Waals surface area (Å²) in [5.41, 5.74) is 1.94. The highest BCUT2D eigenvalue weighted by atomic mass is 16.3. The van der Waals surface area contributed by atoms with E-state index in [0.29, 0.717) is 33.2 Å². The predicted octanol–water partition coefficient (Wildman–Crippen LogP) is 6.92. The van der Waals surface area contributed by atoms with Gasteiger partial charge in [-0.15, -0.1) is 10.2 Å². The van der Waals surface area contributed by atoms with Gasteiger partial charge in [0.2, 0.25) is 0 Å². The van der Waals surface area contributed by atoms with Gasteiger partial charge in [0.05, 0.1) is 21.8 Å². The molecule has 0 aliphatic rings. The molecular formula is C26H16N4O2. The van der Waals surface area contributed by atoms with E-state index in [1.165, 1.54) is 0 Å². The lowest BCUT2D eigenvalue weighted by molar-refractivity contribution is 0.480. The third-order valence-corrected chi connectivity index (χ3v) is 5.68. The van der Waals surface area contributed by atoms with Crippen molar-refractivity contribution in [2.45, 2.75) is 0 Å². The quantitative estimate of drug-likeness (QED) is 0.237. The maximum atomic E-state index is 10.9. The zero-order valence-corrected chi connectivity index (χ0v) is 16.8. The number of phenols is 2. The summed E-state index contributed by atoms with van der Waals surface area (Å²) in [6, 6.07) is 22.4. The molecule has 4 aromatic carbocycles. The van der Waals surface area contributed by atoms with Crippen molar-refractivity contribution in [2.75, 3.05) is 0 Å². The van der Waals surface area contributed by atoms with E-state index in [4.69, 9.17) is 0 Å². The van der Waals surface area contributed by atoms with E-state index in [9.17, 15) is 10.2 Å². The average Bonchev–Trinajstić information content (AvgIpc) is 2.84. The molecule has 0 saturated heterocycles. The summed E-state index contributed by atoms with van der Waals surface area (Å²) in [4.78, 5) is 8.86. The molecule has 2 aromatic heterocycles. The van der Waals surface area contributed by atoms with Crippen molar-refractivity contribution in [2.24, 2.45) is 10.2 Å². The number of nitrogens with zero attached hydrogens (tertiary/aromatic N) is 4. The minimum Gasteiger partial charge on any atom is -0.505 e. The standard InChI is InChI=1S/C26H16N4O2/c31-25-21(11-9-19-23(25)17-7-3-1-5-15(17)13-27-19)29-30-22-12-10-20-24(26(22)32)18-8-4-2-6-16(18)14-28-20/h1-14,31-32H. The van der Waals surface area contributed by atoms with Crippen LogP contribution in [0, 0.1) is 0 Å². The van der Waals surface area contributed by atoms with Gasteiger partial charge in [0, 0.05) is 23.2 Å². The molecular weight excluding hydrogens is 400 g/mol. The van der Waals surface area contributed by atoms with E-state index in [2.05, 4.69) is 20.2 Å². The van der Waals surface area contributed by atoms with Crippen LogP contribution in [0.1, 0.15) is 0 Å². The number of rotatable bonds is 2. The van der Waals surface area contributed by atoms with Crippen molar-refractivity contribution in [3.05, 3.63) is 85.2 Å². The third kappa shape index (κ3) is 2.74. The molecule has 0 atom stereocenters. The molecule has 0 amide bonds. The monoisotopic (exact) mass is 416 g/mol. The van der Waals surface area contributed by atoms with E-state index in [-0.39, 0.29) is 11.5 Å². The van der Waals surface area contributed by atoms with E-state index in [1.54, 1.807) is 36.7 Å². The van der Waals surface area contributed by atoms with E-state index in [1.807, 2.05) is 48.5 Å². The second-order valence-electron chi connectivity index (χ2n) is 7.55. The molecule has 0 spiro atoms. The van der Waals surface area contributed by atoms with Gasteiger partial charge in [-0.1, -0.05) is 48.5 Å². The molecule has 0 bridgehead atoms. The Bertz CT molecular complexity index is 1580. The van der Waals surface area contributed by atoms with Crippen LogP contribution < -0.4 is 0 Å². The number of aromatic nitrogens is 2. The molecule has 0 unspecified atom stereocenters. The van der Waals surface area contributed by atoms with Crippen LogP contribution in [-0.2, 0) is 0 Å². The minimum absolute atomic E-state index is 0.00273. The summed E-state index contributed by atoms with van der Waals surface area (Å²) in [5.74, 6) is 0.00545. The average molecular weight is 416 g/mol. The van der Waals surface area contributed by atoms with Crippen LogP contribution in [-0.4, -0.2) is 20.2 Å². The highest BCUT2D eigenvalue weighted by Crippen LogP contribution is 2.41. The molecule has 2 heterocycles. The number of benzene rings is 4. The fourth-order valence-corrected chi connectivity index (χ4v) is 4.11. The molecule has 0 fully saturated rings. The van der Waals surface area contributed by atoms with Gasteiger partial charge < -0.3 is 10.2 Å². The van der Waals surface area contributed by atoms with Crippen LogP contribution >= 0.6 is 0 Å². The lowest BCUT2D eigenvalue weighted by Gasteiger charge is -2.08. The Kier molecular flexibility index (Phi) is 3.98. The zero-order chi connectivity index (χ0) is 21.7. The second kappa shape index (κ2) is 6.99. The molecule has 6 rings (SSSR count). The molecule has 6 aromatic rings. The summed E-state index contributed by atoms with van der Waals surface area (Å²) in [6.07, 6.45) is 3.56. The van der Waals surface area contributed by atoms with Gasteiger partial charge in [0.25, 0.3) is 0 Å². The first-order valence-corrected chi connectivity index (χ1v) is 10.1. The number of azo groups is 1. The lowest BCUT2D eigenvalue weighted by atomic mass is 10.1. The number of hydrogen-bond acceptors (Lipinski definition) is 6. The van der Waals surface area contributed by atoms with Gasteiger partial charge in [-0.2, -0.15) is 0 Å². The highest BCUT2D eigenvalue weighted by molar-refractivity contribution is 6.11. The molecule has 0 saturated carbocycles. The SMILES string of the molecule is Oc1c(N=Nc2ccc3ncc4ccccc4c3c2O)ccc2ncc3ccccc3c12. The van der Waals surface area contributed by atoms with Crippen molar-refractivity contribution in [1.29, 1.82) is 0 Å². The first-order valence-electron chi connectivity index (χ1n) is 10.1. The Morgan fingerprint density at radius 1 is 0.531 bits per heavy atom. The first kappa shape index (κ1) is 18.2. The van der Waals surface area contributed by atoms with Crippen LogP contribution in [0.2, 0.25) is 0 Å². The topological polar surface area (TPSA) is 91.0 Å². The molecule has 0 aliphatic carbocycles. The molecule has 0 radical (unpaired) electrons. The fraction of sp³-hybridized carbons (Fsp3) is 0. The zero-order valence-electron chi connectivity index (χ0n) is 16.8. The van der Waals surface area contributed by atoms with Gasteiger partial charge in [-0.3, -0.25) is 9.97 Å².